The van der Waals surface area contributed by atoms with E-state index in [9.17, 15) is 4.79 Å². The van der Waals surface area contributed by atoms with Crippen molar-refractivity contribution in [1.82, 2.24) is 4.90 Å². The summed E-state index contributed by atoms with van der Waals surface area (Å²) in [5.41, 5.74) is 5.51. The van der Waals surface area contributed by atoms with Crippen molar-refractivity contribution < 1.29 is 9.53 Å². The van der Waals surface area contributed by atoms with Crippen molar-refractivity contribution in [3.8, 4) is 0 Å². The van der Waals surface area contributed by atoms with E-state index in [0.29, 0.717) is 5.92 Å². The van der Waals surface area contributed by atoms with Crippen molar-refractivity contribution in [2.75, 3.05) is 27.2 Å². The molecule has 1 aliphatic carbocycles. The monoisotopic (exact) mass is 256 g/mol. The van der Waals surface area contributed by atoms with E-state index >= 15 is 0 Å². The van der Waals surface area contributed by atoms with Gasteiger partial charge in [0.05, 0.1) is 7.11 Å². The maximum atomic E-state index is 11.8. The van der Waals surface area contributed by atoms with Gasteiger partial charge in [-0.3, -0.25) is 4.79 Å². The number of carbonyl (C=O) groups is 1. The number of ether oxygens (including phenoxy) is 1. The molecule has 1 fully saturated rings. The molecule has 1 saturated carbocycles. The summed E-state index contributed by atoms with van der Waals surface area (Å²) in [7, 11) is 3.56. The third kappa shape index (κ3) is 3.69. The van der Waals surface area contributed by atoms with Crippen LogP contribution in [0, 0.1) is 11.8 Å². The fourth-order valence-corrected chi connectivity index (χ4v) is 3.05. The number of hydrogen-bond acceptors (Lipinski definition) is 4. The first-order chi connectivity index (χ1) is 8.40. The second-order valence-electron chi connectivity index (χ2n) is 6.07. The molecule has 0 saturated heterocycles. The van der Waals surface area contributed by atoms with Gasteiger partial charge in [-0.15, -0.1) is 0 Å². The molecule has 1 rings (SSSR count). The third-order valence-corrected chi connectivity index (χ3v) is 3.97. The highest BCUT2D eigenvalue weighted by atomic mass is 16.5. The number of methoxy groups -OCH3 is 1. The quantitative estimate of drug-likeness (QED) is 0.734. The summed E-state index contributed by atoms with van der Waals surface area (Å²) in [4.78, 5) is 14.1. The Morgan fingerprint density at radius 2 is 2.22 bits per heavy atom. The Kier molecular flexibility index (Phi) is 5.60. The van der Waals surface area contributed by atoms with Gasteiger partial charge < -0.3 is 15.4 Å². The molecule has 1 aliphatic rings. The van der Waals surface area contributed by atoms with E-state index in [1.54, 1.807) is 0 Å². The van der Waals surface area contributed by atoms with Crippen molar-refractivity contribution in [3.63, 3.8) is 0 Å². The van der Waals surface area contributed by atoms with E-state index in [1.807, 2.05) is 0 Å². The summed E-state index contributed by atoms with van der Waals surface area (Å²) in [5.74, 6) is 0.692. The van der Waals surface area contributed by atoms with Crippen LogP contribution in [0.4, 0.5) is 0 Å². The standard InChI is InChI=1S/C14H28N2O2/c1-11(2)10-16(3)9-7-12-6-5-8-14(12,15)13(17)18-4/h11-12H,5-10,15H2,1-4H3. The molecule has 2 N–H and O–H groups in total. The van der Waals surface area contributed by atoms with Gasteiger partial charge in [-0.05, 0) is 44.7 Å². The zero-order valence-electron chi connectivity index (χ0n) is 12.2. The summed E-state index contributed by atoms with van der Waals surface area (Å²) in [6, 6.07) is 0. The Labute approximate surface area is 111 Å². The minimum absolute atomic E-state index is 0.239. The van der Waals surface area contributed by atoms with Crippen LogP contribution in [0.2, 0.25) is 0 Å². The minimum Gasteiger partial charge on any atom is -0.468 e. The number of hydrogen-bond donors (Lipinski definition) is 1. The summed E-state index contributed by atoms with van der Waals surface area (Å²) in [5, 5.41) is 0. The van der Waals surface area contributed by atoms with Gasteiger partial charge in [0.1, 0.15) is 5.54 Å². The molecule has 18 heavy (non-hydrogen) atoms. The van der Waals surface area contributed by atoms with E-state index in [4.69, 9.17) is 10.5 Å². The average Bonchev–Trinajstić information content (AvgIpc) is 2.67. The van der Waals surface area contributed by atoms with Gasteiger partial charge in [0, 0.05) is 6.54 Å². The lowest BCUT2D eigenvalue weighted by Crippen LogP contribution is -2.52. The average molecular weight is 256 g/mol. The van der Waals surface area contributed by atoms with Crippen LogP contribution in [0.1, 0.15) is 39.5 Å². The van der Waals surface area contributed by atoms with E-state index < -0.39 is 5.54 Å². The minimum atomic E-state index is -0.743. The number of nitrogens with two attached hydrogens (primary N) is 1. The molecular weight excluding hydrogens is 228 g/mol. The lowest BCUT2D eigenvalue weighted by molar-refractivity contribution is -0.148. The first-order valence-corrected chi connectivity index (χ1v) is 6.96. The summed E-state index contributed by atoms with van der Waals surface area (Å²) in [6.45, 7) is 6.52. The van der Waals surface area contributed by atoms with Crippen LogP contribution < -0.4 is 5.73 Å². The van der Waals surface area contributed by atoms with Gasteiger partial charge >= 0.3 is 5.97 Å². The highest BCUT2D eigenvalue weighted by Crippen LogP contribution is 2.36. The van der Waals surface area contributed by atoms with Gasteiger partial charge in [0.15, 0.2) is 0 Å². The molecule has 0 aromatic carbocycles. The van der Waals surface area contributed by atoms with Crippen LogP contribution >= 0.6 is 0 Å². The smallest absolute Gasteiger partial charge is 0.326 e. The van der Waals surface area contributed by atoms with Crippen molar-refractivity contribution in [2.24, 2.45) is 17.6 Å². The zero-order valence-corrected chi connectivity index (χ0v) is 12.2. The highest BCUT2D eigenvalue weighted by molar-refractivity contribution is 5.81. The predicted molar refractivity (Wildman–Crippen MR) is 73.2 cm³/mol. The largest absolute Gasteiger partial charge is 0.468 e. The molecule has 0 spiro atoms. The van der Waals surface area contributed by atoms with Gasteiger partial charge in [-0.25, -0.2) is 0 Å². The molecule has 0 heterocycles. The van der Waals surface area contributed by atoms with E-state index in [1.165, 1.54) is 7.11 Å². The number of carbonyl (C=O) groups excluding carboxylic acids is 1. The molecule has 2 atom stereocenters. The van der Waals surface area contributed by atoms with Gasteiger partial charge in [-0.1, -0.05) is 20.3 Å². The lowest BCUT2D eigenvalue weighted by atomic mass is 9.85. The van der Waals surface area contributed by atoms with Crippen molar-refractivity contribution in [3.05, 3.63) is 0 Å². The number of esters is 1. The first-order valence-electron chi connectivity index (χ1n) is 6.96. The highest BCUT2D eigenvalue weighted by Gasteiger charge is 2.46. The Morgan fingerprint density at radius 3 is 2.78 bits per heavy atom. The summed E-state index contributed by atoms with van der Waals surface area (Å²) in [6.07, 6.45) is 3.82. The Hall–Kier alpha value is -0.610. The maximum absolute atomic E-state index is 11.8. The van der Waals surface area contributed by atoms with Crippen LogP contribution in [0.25, 0.3) is 0 Å². The SMILES string of the molecule is COC(=O)C1(N)CCCC1CCN(C)CC(C)C. The lowest BCUT2D eigenvalue weighted by Gasteiger charge is -2.30. The van der Waals surface area contributed by atoms with Gasteiger partial charge in [0.25, 0.3) is 0 Å². The van der Waals surface area contributed by atoms with Crippen LogP contribution in [0.15, 0.2) is 0 Å². The number of nitrogens with zero attached hydrogens (tertiary/aromatic N) is 1. The Bertz CT molecular complexity index is 281. The van der Waals surface area contributed by atoms with Gasteiger partial charge in [-0.2, -0.15) is 0 Å². The van der Waals surface area contributed by atoms with Gasteiger partial charge in [0.2, 0.25) is 0 Å². The van der Waals surface area contributed by atoms with E-state index in [2.05, 4.69) is 25.8 Å². The molecule has 4 nitrogen and oxygen atoms in total. The molecule has 0 aromatic heterocycles. The van der Waals surface area contributed by atoms with Crippen LogP contribution in [-0.2, 0) is 9.53 Å². The summed E-state index contributed by atoms with van der Waals surface area (Å²) < 4.78 is 4.86. The van der Waals surface area contributed by atoms with Crippen molar-refractivity contribution in [1.29, 1.82) is 0 Å². The molecular formula is C14H28N2O2. The molecule has 4 heteroatoms. The normalized spacial score (nSPS) is 28.1. The fraction of sp³-hybridized carbons (Fsp3) is 0.929. The van der Waals surface area contributed by atoms with Crippen LogP contribution in [-0.4, -0.2) is 43.7 Å². The van der Waals surface area contributed by atoms with E-state index in [-0.39, 0.29) is 11.9 Å². The second-order valence-corrected chi connectivity index (χ2v) is 6.07. The van der Waals surface area contributed by atoms with Crippen LogP contribution in [0.5, 0.6) is 0 Å². The maximum Gasteiger partial charge on any atom is 0.326 e. The third-order valence-electron chi connectivity index (χ3n) is 3.97. The molecule has 0 amide bonds. The van der Waals surface area contributed by atoms with Crippen molar-refractivity contribution in [2.45, 2.75) is 45.1 Å². The first kappa shape index (κ1) is 15.4. The summed E-state index contributed by atoms with van der Waals surface area (Å²) >= 11 is 0. The molecule has 0 radical (unpaired) electrons. The Morgan fingerprint density at radius 1 is 1.56 bits per heavy atom. The Balaban J connectivity index is 2.48. The van der Waals surface area contributed by atoms with E-state index in [0.717, 1.165) is 38.8 Å². The molecule has 0 aliphatic heterocycles. The van der Waals surface area contributed by atoms with Crippen molar-refractivity contribution >= 4 is 5.97 Å². The molecule has 0 bridgehead atoms. The molecule has 0 aromatic rings. The predicted octanol–water partition coefficient (Wildman–Crippen LogP) is 1.63. The zero-order chi connectivity index (χ0) is 13.8. The molecule has 106 valence electrons. The fourth-order valence-electron chi connectivity index (χ4n) is 3.05. The molecule has 2 unspecified atom stereocenters. The number of rotatable bonds is 6. The van der Waals surface area contributed by atoms with Crippen LogP contribution in [0.3, 0.4) is 0 Å². The topological polar surface area (TPSA) is 55.6 Å². The second kappa shape index (κ2) is 6.53.